The number of carbonyl (C=O) groups excluding carboxylic acids is 2. The number of nitrogens with zero attached hydrogens (tertiary/aromatic N) is 1. The molecular formula is C13H23N3O4. The van der Waals surface area contributed by atoms with Crippen LogP contribution in [-0.4, -0.2) is 54.1 Å². The molecule has 0 radical (unpaired) electrons. The first-order valence-electron chi connectivity index (χ1n) is 6.96. The molecule has 7 heteroatoms. The maximum Gasteiger partial charge on any atom is 0.318 e. The Bertz CT molecular complexity index is 373. The molecule has 1 saturated heterocycles. The molecule has 3 amide bonds. The van der Waals surface area contributed by atoms with E-state index in [2.05, 4.69) is 10.6 Å². The van der Waals surface area contributed by atoms with Crippen molar-refractivity contribution in [3.63, 3.8) is 0 Å². The van der Waals surface area contributed by atoms with Crippen molar-refractivity contribution in [3.8, 4) is 0 Å². The lowest BCUT2D eigenvalue weighted by Crippen LogP contribution is -2.54. The lowest BCUT2D eigenvalue weighted by molar-refractivity contribution is -0.141. The minimum Gasteiger partial charge on any atom is -0.481 e. The van der Waals surface area contributed by atoms with Gasteiger partial charge in [0.25, 0.3) is 0 Å². The number of hydrogen-bond acceptors (Lipinski definition) is 3. The molecule has 1 fully saturated rings. The molecule has 0 bridgehead atoms. The van der Waals surface area contributed by atoms with Gasteiger partial charge in [-0.05, 0) is 25.7 Å². The zero-order valence-electron chi connectivity index (χ0n) is 12.0. The Morgan fingerprint density at radius 1 is 1.35 bits per heavy atom. The van der Waals surface area contributed by atoms with E-state index in [9.17, 15) is 14.4 Å². The fraction of sp³-hybridized carbons (Fsp3) is 0.769. The summed E-state index contributed by atoms with van der Waals surface area (Å²) in [6, 6.07) is -0.721. The monoisotopic (exact) mass is 285 g/mol. The summed E-state index contributed by atoms with van der Waals surface area (Å²) in [7, 11) is 1.56. The molecule has 0 aromatic heterocycles. The minimum absolute atomic E-state index is 0.154. The molecule has 20 heavy (non-hydrogen) atoms. The molecule has 3 N–H and O–H groups in total. The molecule has 0 aromatic carbocycles. The van der Waals surface area contributed by atoms with Crippen molar-refractivity contribution < 1.29 is 19.5 Å². The fourth-order valence-corrected chi connectivity index (χ4v) is 2.23. The average molecular weight is 285 g/mol. The Kier molecular flexibility index (Phi) is 6.27. The Morgan fingerprint density at radius 2 is 2.05 bits per heavy atom. The van der Waals surface area contributed by atoms with Crippen molar-refractivity contribution in [2.75, 3.05) is 20.1 Å². The van der Waals surface area contributed by atoms with Crippen LogP contribution in [0.3, 0.4) is 0 Å². The van der Waals surface area contributed by atoms with Gasteiger partial charge in [-0.2, -0.15) is 0 Å². The topological polar surface area (TPSA) is 98.7 Å². The molecule has 0 aromatic rings. The van der Waals surface area contributed by atoms with Crippen LogP contribution in [0, 0.1) is 5.92 Å². The summed E-state index contributed by atoms with van der Waals surface area (Å²) in [5, 5.41) is 14.0. The van der Waals surface area contributed by atoms with E-state index >= 15 is 0 Å². The number of hydrogen-bond donors (Lipinski definition) is 3. The predicted molar refractivity (Wildman–Crippen MR) is 73.2 cm³/mol. The second-order valence-corrected chi connectivity index (χ2v) is 5.08. The zero-order valence-corrected chi connectivity index (χ0v) is 12.0. The third-order valence-electron chi connectivity index (χ3n) is 3.59. The van der Waals surface area contributed by atoms with Crippen LogP contribution in [-0.2, 0) is 9.59 Å². The number of nitrogens with one attached hydrogen (secondary N) is 2. The molecule has 0 aliphatic carbocycles. The van der Waals surface area contributed by atoms with Gasteiger partial charge in [-0.1, -0.05) is 6.92 Å². The molecule has 1 aliphatic heterocycles. The van der Waals surface area contributed by atoms with Gasteiger partial charge in [0.1, 0.15) is 6.04 Å². The van der Waals surface area contributed by atoms with Gasteiger partial charge in [-0.25, -0.2) is 4.79 Å². The highest BCUT2D eigenvalue weighted by Gasteiger charge is 2.31. The maximum absolute atomic E-state index is 12.1. The number of amides is 3. The van der Waals surface area contributed by atoms with Crippen molar-refractivity contribution in [2.45, 2.75) is 38.6 Å². The molecule has 1 aliphatic rings. The highest BCUT2D eigenvalue weighted by Crippen LogP contribution is 2.17. The summed E-state index contributed by atoms with van der Waals surface area (Å²) in [5.41, 5.74) is 0. The number of urea groups is 1. The fourth-order valence-electron chi connectivity index (χ4n) is 2.23. The molecule has 0 saturated carbocycles. The van der Waals surface area contributed by atoms with E-state index in [1.165, 1.54) is 4.90 Å². The minimum atomic E-state index is -0.875. The van der Waals surface area contributed by atoms with Gasteiger partial charge in [-0.15, -0.1) is 0 Å². The molecule has 114 valence electrons. The number of piperidine rings is 1. The van der Waals surface area contributed by atoms with Crippen LogP contribution in [0.2, 0.25) is 0 Å². The SMILES string of the molecule is CNC(=O)C1CCCCN1C(=O)NCCC(C)C(=O)O. The number of carboxylic acid groups (broad SMARTS) is 1. The molecular weight excluding hydrogens is 262 g/mol. The highest BCUT2D eigenvalue weighted by atomic mass is 16.4. The number of carboxylic acids is 1. The summed E-state index contributed by atoms with van der Waals surface area (Å²) >= 11 is 0. The molecule has 1 rings (SSSR count). The van der Waals surface area contributed by atoms with Crippen molar-refractivity contribution in [1.29, 1.82) is 0 Å². The lowest BCUT2D eigenvalue weighted by atomic mass is 10.0. The second kappa shape index (κ2) is 7.72. The maximum atomic E-state index is 12.1. The van der Waals surface area contributed by atoms with E-state index in [-0.39, 0.29) is 11.9 Å². The van der Waals surface area contributed by atoms with E-state index in [1.54, 1.807) is 14.0 Å². The first-order valence-corrected chi connectivity index (χ1v) is 6.96. The highest BCUT2D eigenvalue weighted by molar-refractivity contribution is 5.87. The Morgan fingerprint density at radius 3 is 2.65 bits per heavy atom. The number of carbonyl (C=O) groups is 3. The van der Waals surface area contributed by atoms with Gasteiger partial charge in [0.05, 0.1) is 5.92 Å². The largest absolute Gasteiger partial charge is 0.481 e. The summed E-state index contributed by atoms with van der Waals surface area (Å²) in [6.07, 6.45) is 2.85. The van der Waals surface area contributed by atoms with E-state index in [1.807, 2.05) is 0 Å². The standard InChI is InChI=1S/C13H23N3O4/c1-9(12(18)19)6-7-15-13(20)16-8-4-3-5-10(16)11(17)14-2/h9-10H,3-8H2,1-2H3,(H,14,17)(H,15,20)(H,18,19). The first kappa shape index (κ1) is 16.3. The second-order valence-electron chi connectivity index (χ2n) is 5.08. The van der Waals surface area contributed by atoms with Crippen LogP contribution >= 0.6 is 0 Å². The van der Waals surface area contributed by atoms with E-state index in [0.717, 1.165) is 12.8 Å². The van der Waals surface area contributed by atoms with Crippen LogP contribution < -0.4 is 10.6 Å². The van der Waals surface area contributed by atoms with Gasteiger partial charge in [0.15, 0.2) is 0 Å². The third kappa shape index (κ3) is 4.40. The van der Waals surface area contributed by atoms with E-state index in [0.29, 0.717) is 25.9 Å². The lowest BCUT2D eigenvalue weighted by Gasteiger charge is -2.34. The van der Waals surface area contributed by atoms with Crippen LogP contribution in [0.15, 0.2) is 0 Å². The van der Waals surface area contributed by atoms with Gasteiger partial charge in [0, 0.05) is 20.1 Å². The summed E-state index contributed by atoms with van der Waals surface area (Å²) in [4.78, 5) is 36.0. The summed E-state index contributed by atoms with van der Waals surface area (Å²) in [6.45, 7) is 2.45. The number of rotatable bonds is 5. The summed E-state index contributed by atoms with van der Waals surface area (Å²) in [5.74, 6) is -1.52. The molecule has 2 unspecified atom stereocenters. The number of likely N-dealkylation sites (tertiary alicyclic amines) is 1. The predicted octanol–water partition coefficient (Wildman–Crippen LogP) is 0.407. The van der Waals surface area contributed by atoms with Gasteiger partial charge >= 0.3 is 12.0 Å². The molecule has 1 heterocycles. The molecule has 0 spiro atoms. The quantitative estimate of drug-likeness (QED) is 0.681. The Hall–Kier alpha value is -1.79. The molecule has 2 atom stereocenters. The number of aliphatic carboxylic acids is 1. The molecule has 7 nitrogen and oxygen atoms in total. The van der Waals surface area contributed by atoms with Crippen LogP contribution in [0.1, 0.15) is 32.6 Å². The van der Waals surface area contributed by atoms with E-state index in [4.69, 9.17) is 5.11 Å². The normalized spacial score (nSPS) is 20.1. The van der Waals surface area contributed by atoms with Crippen molar-refractivity contribution in [1.82, 2.24) is 15.5 Å². The number of likely N-dealkylation sites (N-methyl/N-ethyl adjacent to an activating group) is 1. The van der Waals surface area contributed by atoms with Crippen molar-refractivity contribution in [3.05, 3.63) is 0 Å². The van der Waals surface area contributed by atoms with Gasteiger partial charge in [0.2, 0.25) is 5.91 Å². The Balaban J connectivity index is 2.47. The van der Waals surface area contributed by atoms with E-state index < -0.39 is 17.9 Å². The van der Waals surface area contributed by atoms with Crippen LogP contribution in [0.5, 0.6) is 0 Å². The van der Waals surface area contributed by atoms with Gasteiger partial charge in [-0.3, -0.25) is 9.59 Å². The van der Waals surface area contributed by atoms with Gasteiger partial charge < -0.3 is 20.6 Å². The van der Waals surface area contributed by atoms with Crippen LogP contribution in [0.4, 0.5) is 4.79 Å². The van der Waals surface area contributed by atoms with Crippen molar-refractivity contribution >= 4 is 17.9 Å². The zero-order chi connectivity index (χ0) is 15.1. The first-order chi connectivity index (χ1) is 9.47. The van der Waals surface area contributed by atoms with Crippen molar-refractivity contribution in [2.24, 2.45) is 5.92 Å². The Labute approximate surface area is 118 Å². The smallest absolute Gasteiger partial charge is 0.318 e. The van der Waals surface area contributed by atoms with Crippen LogP contribution in [0.25, 0.3) is 0 Å². The average Bonchev–Trinajstić information content (AvgIpc) is 2.45. The third-order valence-corrected chi connectivity index (χ3v) is 3.59. The summed E-state index contributed by atoms with van der Waals surface area (Å²) < 4.78 is 0.